The fourth-order valence-corrected chi connectivity index (χ4v) is 0.992. The van der Waals surface area contributed by atoms with Crippen LogP contribution in [0.3, 0.4) is 0 Å². The first kappa shape index (κ1) is 15.8. The molecule has 0 aliphatic rings. The number of aliphatic hydroxyl groups excluding tert-OH is 1. The Hall–Kier alpha value is -0.610. The maximum Gasteiger partial charge on any atom is 0.248 e. The Balaban J connectivity index is 0. The summed E-state index contributed by atoms with van der Waals surface area (Å²) in [4.78, 5) is 0. The first-order chi connectivity index (χ1) is 6.36. The zero-order chi connectivity index (χ0) is 10.1. The fraction of sp³-hybridized carbons (Fsp3) is 0.500. The van der Waals surface area contributed by atoms with Crippen LogP contribution in [0.5, 0.6) is 0 Å². The molecule has 0 amide bonds. The lowest BCUT2D eigenvalue weighted by Crippen LogP contribution is -3.00. The fourth-order valence-electron chi connectivity index (χ4n) is 0.992. The highest BCUT2D eigenvalue weighted by molar-refractivity contribution is 4.94. The van der Waals surface area contributed by atoms with E-state index in [1.54, 1.807) is 6.20 Å². The van der Waals surface area contributed by atoms with Gasteiger partial charge in [0.05, 0.1) is 12.7 Å². The maximum absolute atomic E-state index is 7.00. The monoisotopic (exact) mass is 262 g/mol. The predicted molar refractivity (Wildman–Crippen MR) is 54.1 cm³/mol. The number of aromatic nitrogens is 2. The van der Waals surface area contributed by atoms with Crippen molar-refractivity contribution in [1.82, 2.24) is 4.57 Å². The molecule has 0 spiro atoms. The van der Waals surface area contributed by atoms with E-state index >= 15 is 0 Å². The van der Waals surface area contributed by atoms with Crippen LogP contribution in [-0.4, -0.2) is 16.8 Å². The van der Waals surface area contributed by atoms with E-state index < -0.39 is 0 Å². The molecule has 3 nitrogen and oxygen atoms in total. The number of hydrogen-bond donors (Lipinski definition) is 1. The molecule has 0 atom stereocenters. The minimum Gasteiger partial charge on any atom is -1.00 e. The summed E-state index contributed by atoms with van der Waals surface area (Å²) in [7, 11) is 1.00. The molecule has 1 heterocycles. The van der Waals surface area contributed by atoms with Gasteiger partial charge in [0.15, 0.2) is 0 Å². The van der Waals surface area contributed by atoms with Gasteiger partial charge in [0.25, 0.3) is 0 Å². The lowest BCUT2D eigenvalue weighted by molar-refractivity contribution is -0.567. The van der Waals surface area contributed by atoms with Crippen molar-refractivity contribution in [3.63, 3.8) is 0 Å². The van der Waals surface area contributed by atoms with Crippen molar-refractivity contribution in [2.45, 2.75) is 26.3 Å². The SMILES string of the molecule is C=C[n+]1ccn(CCCC)c1.CO.[Br-]. The van der Waals surface area contributed by atoms with E-state index in [1.807, 2.05) is 17.1 Å². The van der Waals surface area contributed by atoms with Crippen LogP contribution in [0.1, 0.15) is 19.8 Å². The van der Waals surface area contributed by atoms with Crippen LogP contribution in [0, 0.1) is 0 Å². The van der Waals surface area contributed by atoms with E-state index in [4.69, 9.17) is 5.11 Å². The van der Waals surface area contributed by atoms with Crippen molar-refractivity contribution in [2.24, 2.45) is 0 Å². The van der Waals surface area contributed by atoms with Crippen LogP contribution in [-0.2, 0) is 6.54 Å². The van der Waals surface area contributed by atoms with Crippen LogP contribution in [0.25, 0.3) is 6.20 Å². The normalized spacial score (nSPS) is 8.21. The van der Waals surface area contributed by atoms with E-state index in [1.165, 1.54) is 12.8 Å². The second-order valence-electron chi connectivity index (χ2n) is 2.63. The molecule has 0 aliphatic carbocycles. The van der Waals surface area contributed by atoms with E-state index in [-0.39, 0.29) is 17.0 Å². The lowest BCUT2D eigenvalue weighted by atomic mass is 10.3. The Kier molecular flexibility index (Phi) is 11.9. The molecular formula is C10H19BrN2O. The van der Waals surface area contributed by atoms with Gasteiger partial charge in [-0.05, 0) is 6.42 Å². The highest BCUT2D eigenvalue weighted by Crippen LogP contribution is 1.92. The summed E-state index contributed by atoms with van der Waals surface area (Å²) in [6, 6.07) is 0. The van der Waals surface area contributed by atoms with Gasteiger partial charge in [-0.25, -0.2) is 9.13 Å². The van der Waals surface area contributed by atoms with Crippen molar-refractivity contribution < 1.29 is 26.7 Å². The van der Waals surface area contributed by atoms with Crippen LogP contribution in [0.15, 0.2) is 25.3 Å². The molecule has 1 aromatic heterocycles. The Morgan fingerprint density at radius 3 is 2.57 bits per heavy atom. The number of rotatable bonds is 4. The van der Waals surface area contributed by atoms with Crippen LogP contribution < -0.4 is 21.5 Å². The van der Waals surface area contributed by atoms with Gasteiger partial charge < -0.3 is 22.1 Å². The number of unbranched alkanes of at least 4 members (excludes halogenated alkanes) is 1. The van der Waals surface area contributed by atoms with E-state index in [0.29, 0.717) is 0 Å². The molecule has 14 heavy (non-hydrogen) atoms. The molecule has 0 fully saturated rings. The number of halogens is 1. The third-order valence-corrected chi connectivity index (χ3v) is 1.69. The third-order valence-electron chi connectivity index (χ3n) is 1.69. The summed E-state index contributed by atoms with van der Waals surface area (Å²) in [5.74, 6) is 0. The average Bonchev–Trinajstić information content (AvgIpc) is 2.65. The molecule has 0 radical (unpaired) electrons. The number of imidazole rings is 1. The van der Waals surface area contributed by atoms with E-state index in [9.17, 15) is 0 Å². The van der Waals surface area contributed by atoms with Gasteiger partial charge in [0.2, 0.25) is 6.33 Å². The summed E-state index contributed by atoms with van der Waals surface area (Å²) < 4.78 is 4.13. The molecule has 1 rings (SSSR count). The Bertz CT molecular complexity index is 236. The standard InChI is InChI=1S/C9H15N2.CH4O.BrH/c1-3-5-6-11-8-7-10(4-2)9-11;1-2;/h4,7-9H,2-3,5-6H2,1H3;2H,1H3;1H/q+1;;/p-1. The van der Waals surface area contributed by atoms with Gasteiger partial charge in [0.1, 0.15) is 12.4 Å². The van der Waals surface area contributed by atoms with Crippen LogP contribution >= 0.6 is 0 Å². The molecule has 0 saturated carbocycles. The molecule has 0 bridgehead atoms. The number of hydrogen-bond acceptors (Lipinski definition) is 1. The average molecular weight is 263 g/mol. The van der Waals surface area contributed by atoms with Crippen molar-refractivity contribution in [1.29, 1.82) is 0 Å². The Labute approximate surface area is 96.5 Å². The third kappa shape index (κ3) is 5.94. The molecule has 0 unspecified atom stereocenters. The van der Waals surface area contributed by atoms with Crippen molar-refractivity contribution in [2.75, 3.05) is 7.11 Å². The maximum atomic E-state index is 7.00. The lowest BCUT2D eigenvalue weighted by Gasteiger charge is -1.90. The quantitative estimate of drug-likeness (QED) is 0.644. The topological polar surface area (TPSA) is 29.0 Å². The Morgan fingerprint density at radius 1 is 1.50 bits per heavy atom. The van der Waals surface area contributed by atoms with Gasteiger partial charge in [-0.1, -0.05) is 19.9 Å². The van der Waals surface area contributed by atoms with Crippen LogP contribution in [0.4, 0.5) is 0 Å². The molecule has 0 aromatic carbocycles. The van der Waals surface area contributed by atoms with Crippen LogP contribution in [0.2, 0.25) is 0 Å². The smallest absolute Gasteiger partial charge is 0.248 e. The van der Waals surface area contributed by atoms with Gasteiger partial charge in [0, 0.05) is 7.11 Å². The summed E-state index contributed by atoms with van der Waals surface area (Å²) in [5.41, 5.74) is 0. The van der Waals surface area contributed by atoms with Gasteiger partial charge >= 0.3 is 0 Å². The summed E-state index contributed by atoms with van der Waals surface area (Å²) in [6.45, 7) is 6.98. The molecule has 1 aromatic rings. The van der Waals surface area contributed by atoms with E-state index in [0.717, 1.165) is 13.7 Å². The van der Waals surface area contributed by atoms with E-state index in [2.05, 4.69) is 24.3 Å². The van der Waals surface area contributed by atoms with Gasteiger partial charge in [-0.15, -0.1) is 0 Å². The molecule has 82 valence electrons. The summed E-state index contributed by atoms with van der Waals surface area (Å²) >= 11 is 0. The minimum atomic E-state index is 0. The zero-order valence-corrected chi connectivity index (χ0v) is 10.4. The second-order valence-corrected chi connectivity index (χ2v) is 2.63. The first-order valence-corrected chi connectivity index (χ1v) is 4.50. The zero-order valence-electron chi connectivity index (χ0n) is 8.86. The highest BCUT2D eigenvalue weighted by atomic mass is 79.9. The van der Waals surface area contributed by atoms with Gasteiger partial charge in [-0.2, -0.15) is 0 Å². The number of aliphatic hydroxyl groups is 1. The largest absolute Gasteiger partial charge is 1.00 e. The summed E-state index contributed by atoms with van der Waals surface area (Å²) in [6.07, 6.45) is 10.4. The van der Waals surface area contributed by atoms with Crippen molar-refractivity contribution in [3.05, 3.63) is 25.3 Å². The van der Waals surface area contributed by atoms with Gasteiger partial charge in [-0.3, -0.25) is 0 Å². The molecular weight excluding hydrogens is 244 g/mol. The molecule has 0 aliphatic heterocycles. The van der Waals surface area contributed by atoms with Crippen molar-refractivity contribution >= 4 is 6.20 Å². The highest BCUT2D eigenvalue weighted by Gasteiger charge is 1.97. The number of aryl methyl sites for hydroxylation is 1. The molecule has 1 N–H and O–H groups in total. The molecule has 4 heteroatoms. The molecule has 0 saturated heterocycles. The minimum absolute atomic E-state index is 0. The Morgan fingerprint density at radius 2 is 2.14 bits per heavy atom. The predicted octanol–water partition coefficient (Wildman–Crippen LogP) is -1.71. The number of nitrogens with zero attached hydrogens (tertiary/aromatic N) is 2. The second kappa shape index (κ2) is 10.5. The van der Waals surface area contributed by atoms with Crippen molar-refractivity contribution in [3.8, 4) is 0 Å². The summed E-state index contributed by atoms with van der Waals surface area (Å²) in [5, 5.41) is 7.00. The first-order valence-electron chi connectivity index (χ1n) is 4.50.